The number of halogens is 2. The molecule has 0 unspecified atom stereocenters. The van der Waals surface area contributed by atoms with Gasteiger partial charge in [0.15, 0.2) is 17.2 Å². The van der Waals surface area contributed by atoms with Crippen LogP contribution in [0.3, 0.4) is 0 Å². The van der Waals surface area contributed by atoms with Gasteiger partial charge in [0.25, 0.3) is 0 Å². The first-order chi connectivity index (χ1) is 10.5. The minimum atomic E-state index is 0.0683. The van der Waals surface area contributed by atoms with Crippen molar-refractivity contribution in [3.63, 3.8) is 0 Å². The van der Waals surface area contributed by atoms with Gasteiger partial charge in [0.2, 0.25) is 5.75 Å². The van der Waals surface area contributed by atoms with Crippen molar-refractivity contribution in [1.29, 1.82) is 5.26 Å². The van der Waals surface area contributed by atoms with Gasteiger partial charge in [-0.2, -0.15) is 9.99 Å². The average molecular weight is 432 g/mol. The van der Waals surface area contributed by atoms with E-state index in [0.29, 0.717) is 37.5 Å². The lowest BCUT2D eigenvalue weighted by Gasteiger charge is -2.15. The Morgan fingerprint density at radius 3 is 2.18 bits per heavy atom. The Kier molecular flexibility index (Phi) is 4.88. The quantitative estimate of drug-likeness (QED) is 0.744. The van der Waals surface area contributed by atoms with E-state index in [1.54, 1.807) is 12.1 Å². The van der Waals surface area contributed by atoms with Crippen molar-refractivity contribution in [2.75, 3.05) is 21.3 Å². The van der Waals surface area contributed by atoms with E-state index in [2.05, 4.69) is 31.9 Å². The molecule has 0 aliphatic carbocycles. The molecule has 2 aromatic rings. The lowest BCUT2D eigenvalue weighted by atomic mass is 10.1. The molecule has 0 amide bonds. The van der Waals surface area contributed by atoms with Gasteiger partial charge in [-0.3, -0.25) is 0 Å². The van der Waals surface area contributed by atoms with Gasteiger partial charge in [-0.25, -0.2) is 0 Å². The molecule has 8 heteroatoms. The number of benzene rings is 1. The van der Waals surface area contributed by atoms with Gasteiger partial charge in [-0.15, -0.1) is 0 Å². The van der Waals surface area contributed by atoms with E-state index >= 15 is 0 Å². The first-order valence-electron chi connectivity index (χ1n) is 6.00. The maximum Gasteiger partial charge on any atom is 0.203 e. The number of aromatic nitrogens is 1. The highest BCUT2D eigenvalue weighted by atomic mass is 79.9. The van der Waals surface area contributed by atoms with E-state index in [1.165, 1.54) is 21.3 Å². The topological polar surface area (TPSA) is 76.6 Å². The highest BCUT2D eigenvalue weighted by molar-refractivity contribution is 9.11. The van der Waals surface area contributed by atoms with Crippen LogP contribution < -0.4 is 14.2 Å². The second-order valence-corrected chi connectivity index (χ2v) is 5.68. The van der Waals surface area contributed by atoms with E-state index in [4.69, 9.17) is 19.5 Å². The second kappa shape index (κ2) is 6.50. The maximum atomic E-state index is 9.97. The molecule has 0 fully saturated rings. The molecule has 0 aliphatic rings. The Balaban J connectivity index is 2.83. The highest BCUT2D eigenvalue weighted by Crippen LogP contribution is 2.49. The van der Waals surface area contributed by atoms with Crippen molar-refractivity contribution in [3.05, 3.63) is 26.9 Å². The number of hydrogen-bond acceptors (Lipinski definition) is 5. The molecule has 0 radical (unpaired) electrons. The first kappa shape index (κ1) is 16.5. The summed E-state index contributed by atoms with van der Waals surface area (Å²) >= 11 is 6.61. The van der Waals surface area contributed by atoms with E-state index in [9.17, 15) is 5.21 Å². The molecule has 0 atom stereocenters. The van der Waals surface area contributed by atoms with Crippen LogP contribution in [0.4, 0.5) is 0 Å². The minimum absolute atomic E-state index is 0.0683. The molecule has 0 saturated heterocycles. The third-order valence-electron chi connectivity index (χ3n) is 3.11. The number of methoxy groups -OCH3 is 3. The largest absolute Gasteiger partial charge is 0.493 e. The van der Waals surface area contributed by atoms with Crippen molar-refractivity contribution < 1.29 is 19.4 Å². The monoisotopic (exact) mass is 430 g/mol. The molecule has 2 rings (SSSR count). The number of nitrogens with zero attached hydrogens (tertiary/aromatic N) is 2. The molecule has 22 heavy (non-hydrogen) atoms. The van der Waals surface area contributed by atoms with Gasteiger partial charge in [0, 0.05) is 11.1 Å². The predicted octanol–water partition coefficient (Wildman–Crippen LogP) is 3.81. The molecule has 0 spiro atoms. The van der Waals surface area contributed by atoms with Crippen LogP contribution >= 0.6 is 31.9 Å². The zero-order valence-corrected chi connectivity index (χ0v) is 15.1. The molecule has 1 aromatic heterocycles. The summed E-state index contributed by atoms with van der Waals surface area (Å²) in [6.45, 7) is 0. The molecule has 0 bridgehead atoms. The van der Waals surface area contributed by atoms with Crippen LogP contribution in [-0.2, 0) is 0 Å². The van der Waals surface area contributed by atoms with E-state index in [1.807, 2.05) is 6.07 Å². The summed E-state index contributed by atoms with van der Waals surface area (Å²) in [4.78, 5) is 0. The lowest BCUT2D eigenvalue weighted by molar-refractivity contribution is 0.178. The summed E-state index contributed by atoms with van der Waals surface area (Å²) in [5.41, 5.74) is 1.26. The van der Waals surface area contributed by atoms with Crippen LogP contribution in [0.1, 0.15) is 5.69 Å². The third kappa shape index (κ3) is 2.40. The van der Waals surface area contributed by atoms with Crippen molar-refractivity contribution >= 4 is 31.9 Å². The molecule has 0 saturated carbocycles. The number of rotatable bonds is 4. The molecule has 6 nitrogen and oxygen atoms in total. The van der Waals surface area contributed by atoms with Gasteiger partial charge < -0.3 is 19.4 Å². The zero-order chi connectivity index (χ0) is 16.4. The summed E-state index contributed by atoms with van der Waals surface area (Å²) in [5, 5.41) is 19.1. The smallest absolute Gasteiger partial charge is 0.203 e. The molecule has 116 valence electrons. The number of ether oxygens (including phenoxy) is 3. The Morgan fingerprint density at radius 2 is 1.73 bits per heavy atom. The van der Waals surface area contributed by atoms with E-state index in [0.717, 1.165) is 4.73 Å². The Bertz CT molecular complexity index is 765. The summed E-state index contributed by atoms with van der Waals surface area (Å²) in [5.74, 6) is 1.36. The number of hydrogen-bond donors (Lipinski definition) is 1. The van der Waals surface area contributed by atoms with Gasteiger partial charge in [0.1, 0.15) is 10.7 Å². The molecule has 1 N–H and O–H groups in total. The Labute approximate surface area is 144 Å². The SMILES string of the molecule is COc1ccc(-c2c(Br)c(C#N)n(O)c2Br)c(OC)c1OC. The Hall–Kier alpha value is -1.85. The molecular formula is C14H12Br2N2O4. The van der Waals surface area contributed by atoms with Crippen molar-refractivity contribution in [3.8, 4) is 34.4 Å². The van der Waals surface area contributed by atoms with Gasteiger partial charge in [0.05, 0.1) is 25.8 Å². The second-order valence-electron chi connectivity index (χ2n) is 4.13. The van der Waals surface area contributed by atoms with Crippen LogP contribution in [0.2, 0.25) is 0 Å². The van der Waals surface area contributed by atoms with Gasteiger partial charge >= 0.3 is 0 Å². The number of nitriles is 1. The molecule has 0 aliphatic heterocycles. The zero-order valence-electron chi connectivity index (χ0n) is 12.0. The van der Waals surface area contributed by atoms with Crippen LogP contribution in [0.5, 0.6) is 17.2 Å². The summed E-state index contributed by atoms with van der Waals surface area (Å²) in [6, 6.07) is 5.40. The van der Waals surface area contributed by atoms with Crippen molar-refractivity contribution in [1.82, 2.24) is 4.73 Å². The minimum Gasteiger partial charge on any atom is -0.493 e. The Morgan fingerprint density at radius 1 is 1.09 bits per heavy atom. The summed E-state index contributed by atoms with van der Waals surface area (Å²) < 4.78 is 17.5. The molecular weight excluding hydrogens is 420 g/mol. The average Bonchev–Trinajstić information content (AvgIpc) is 2.75. The van der Waals surface area contributed by atoms with Crippen LogP contribution in [-0.4, -0.2) is 31.3 Å². The maximum absolute atomic E-state index is 9.97. The van der Waals surface area contributed by atoms with Crippen LogP contribution in [0.15, 0.2) is 21.2 Å². The fourth-order valence-electron chi connectivity index (χ4n) is 2.13. The van der Waals surface area contributed by atoms with Crippen molar-refractivity contribution in [2.45, 2.75) is 0 Å². The summed E-state index contributed by atoms with van der Waals surface area (Å²) in [7, 11) is 4.54. The van der Waals surface area contributed by atoms with Crippen LogP contribution in [0.25, 0.3) is 11.1 Å². The van der Waals surface area contributed by atoms with Crippen LogP contribution in [0, 0.1) is 11.3 Å². The highest BCUT2D eigenvalue weighted by Gasteiger charge is 2.26. The van der Waals surface area contributed by atoms with Gasteiger partial charge in [-0.1, -0.05) is 0 Å². The first-order valence-corrected chi connectivity index (χ1v) is 7.58. The third-order valence-corrected chi connectivity index (χ3v) is 4.62. The summed E-state index contributed by atoms with van der Waals surface area (Å²) in [6.07, 6.45) is 0. The fourth-order valence-corrected chi connectivity index (χ4v) is 3.64. The van der Waals surface area contributed by atoms with Gasteiger partial charge in [-0.05, 0) is 44.0 Å². The van der Waals surface area contributed by atoms with E-state index in [-0.39, 0.29) is 5.69 Å². The van der Waals surface area contributed by atoms with Crippen molar-refractivity contribution in [2.24, 2.45) is 0 Å². The predicted molar refractivity (Wildman–Crippen MR) is 86.8 cm³/mol. The standard InChI is InChI=1S/C14H12Br2N2O4/c1-20-9-5-4-7(12(21-2)13(9)22-3)10-11(15)8(6-17)18(19)14(10)16/h4-5,19H,1-3H3. The van der Waals surface area contributed by atoms with E-state index < -0.39 is 0 Å². The normalized spacial score (nSPS) is 10.2. The molecule has 1 heterocycles. The molecule has 1 aromatic carbocycles. The fraction of sp³-hybridized carbons (Fsp3) is 0.214. The lowest BCUT2D eigenvalue weighted by Crippen LogP contribution is -1.97.